The summed E-state index contributed by atoms with van der Waals surface area (Å²) < 4.78 is 0. The molecule has 2 heteroatoms. The van der Waals surface area contributed by atoms with E-state index in [1.807, 2.05) is 0 Å². The van der Waals surface area contributed by atoms with Gasteiger partial charge in [-0.1, -0.05) is 12.8 Å². The second kappa shape index (κ2) is 3.60. The normalized spacial score (nSPS) is 35.4. The van der Waals surface area contributed by atoms with Gasteiger partial charge in [0, 0.05) is 24.7 Å². The van der Waals surface area contributed by atoms with Crippen LogP contribution in [0.3, 0.4) is 0 Å². The van der Waals surface area contributed by atoms with Gasteiger partial charge in [-0.05, 0) is 19.3 Å². The standard InChI is InChI=1S/C11H16O2/c12-10-5-3-1-2-4-8(10)9-6-7-11(9)13/h8-9H,1-7H2. The van der Waals surface area contributed by atoms with E-state index in [9.17, 15) is 9.59 Å². The minimum absolute atomic E-state index is 0.101. The third-order valence-corrected chi connectivity index (χ3v) is 3.45. The molecule has 0 amide bonds. The summed E-state index contributed by atoms with van der Waals surface area (Å²) in [6.07, 6.45) is 6.72. The highest BCUT2D eigenvalue weighted by molar-refractivity contribution is 5.93. The van der Waals surface area contributed by atoms with Crippen molar-refractivity contribution < 1.29 is 9.59 Å². The summed E-state index contributed by atoms with van der Waals surface area (Å²) >= 11 is 0. The van der Waals surface area contributed by atoms with Gasteiger partial charge >= 0.3 is 0 Å². The fraction of sp³-hybridized carbons (Fsp3) is 0.818. The summed E-state index contributed by atoms with van der Waals surface area (Å²) in [4.78, 5) is 22.9. The molecule has 2 unspecified atom stereocenters. The Balaban J connectivity index is 2.02. The van der Waals surface area contributed by atoms with E-state index in [2.05, 4.69) is 0 Å². The van der Waals surface area contributed by atoms with Gasteiger partial charge in [-0.25, -0.2) is 0 Å². The first-order chi connectivity index (χ1) is 6.29. The van der Waals surface area contributed by atoms with Crippen LogP contribution >= 0.6 is 0 Å². The lowest BCUT2D eigenvalue weighted by Gasteiger charge is -2.30. The number of carbonyl (C=O) groups excluding carboxylic acids is 2. The fourth-order valence-electron chi connectivity index (χ4n) is 2.47. The van der Waals surface area contributed by atoms with Crippen molar-refractivity contribution in [1.82, 2.24) is 0 Å². The monoisotopic (exact) mass is 180 g/mol. The summed E-state index contributed by atoms with van der Waals surface area (Å²) in [5.41, 5.74) is 0. The number of rotatable bonds is 1. The molecule has 0 aromatic carbocycles. The van der Waals surface area contributed by atoms with E-state index in [1.165, 1.54) is 6.42 Å². The van der Waals surface area contributed by atoms with Crippen LogP contribution in [0.5, 0.6) is 0 Å². The predicted molar refractivity (Wildman–Crippen MR) is 49.3 cm³/mol. The highest BCUT2D eigenvalue weighted by atomic mass is 16.1. The Hall–Kier alpha value is -0.660. The van der Waals surface area contributed by atoms with E-state index in [0.29, 0.717) is 24.4 Å². The first-order valence-corrected chi connectivity index (χ1v) is 5.34. The van der Waals surface area contributed by atoms with E-state index in [0.717, 1.165) is 25.7 Å². The highest BCUT2D eigenvalue weighted by Crippen LogP contribution is 2.36. The second-order valence-corrected chi connectivity index (χ2v) is 4.28. The topological polar surface area (TPSA) is 34.1 Å². The molecule has 2 nitrogen and oxygen atoms in total. The van der Waals surface area contributed by atoms with Crippen LogP contribution in [-0.4, -0.2) is 11.6 Å². The molecule has 2 fully saturated rings. The summed E-state index contributed by atoms with van der Waals surface area (Å²) in [7, 11) is 0. The maximum atomic E-state index is 11.6. The Morgan fingerprint density at radius 2 is 1.46 bits per heavy atom. The molecule has 2 aliphatic rings. The molecule has 2 aliphatic carbocycles. The summed E-state index contributed by atoms with van der Waals surface area (Å²) in [6.45, 7) is 0. The first-order valence-electron chi connectivity index (χ1n) is 5.34. The molecule has 0 saturated heterocycles. The Kier molecular flexibility index (Phi) is 2.47. The van der Waals surface area contributed by atoms with Crippen LogP contribution in [0.15, 0.2) is 0 Å². The summed E-state index contributed by atoms with van der Waals surface area (Å²) in [5, 5.41) is 0. The van der Waals surface area contributed by atoms with E-state index in [4.69, 9.17) is 0 Å². The van der Waals surface area contributed by atoms with E-state index in [-0.39, 0.29) is 11.8 Å². The molecule has 0 spiro atoms. The van der Waals surface area contributed by atoms with Gasteiger partial charge in [0.2, 0.25) is 0 Å². The Morgan fingerprint density at radius 1 is 0.769 bits per heavy atom. The number of carbonyl (C=O) groups is 2. The van der Waals surface area contributed by atoms with Crippen LogP contribution in [0.4, 0.5) is 0 Å². The maximum absolute atomic E-state index is 11.6. The number of hydrogen-bond donors (Lipinski definition) is 0. The van der Waals surface area contributed by atoms with Gasteiger partial charge in [0.05, 0.1) is 0 Å². The van der Waals surface area contributed by atoms with Crippen LogP contribution in [0.2, 0.25) is 0 Å². The molecule has 13 heavy (non-hydrogen) atoms. The van der Waals surface area contributed by atoms with Crippen molar-refractivity contribution in [2.75, 3.05) is 0 Å². The molecular weight excluding hydrogens is 164 g/mol. The van der Waals surface area contributed by atoms with Gasteiger partial charge in [0.1, 0.15) is 11.6 Å². The van der Waals surface area contributed by atoms with E-state index < -0.39 is 0 Å². The zero-order chi connectivity index (χ0) is 9.26. The third kappa shape index (κ3) is 1.67. The first kappa shape index (κ1) is 8.92. The molecule has 2 saturated carbocycles. The van der Waals surface area contributed by atoms with E-state index in [1.54, 1.807) is 0 Å². The quantitative estimate of drug-likeness (QED) is 0.579. The predicted octanol–water partition coefficient (Wildman–Crippen LogP) is 2.11. The van der Waals surface area contributed by atoms with Gasteiger partial charge in [0.25, 0.3) is 0 Å². The molecule has 0 aromatic rings. The smallest absolute Gasteiger partial charge is 0.136 e. The van der Waals surface area contributed by atoms with Crippen molar-refractivity contribution >= 4 is 11.6 Å². The molecule has 2 rings (SSSR count). The van der Waals surface area contributed by atoms with Gasteiger partial charge in [-0.15, -0.1) is 0 Å². The highest BCUT2D eigenvalue weighted by Gasteiger charge is 2.38. The molecule has 0 aromatic heterocycles. The van der Waals surface area contributed by atoms with Gasteiger partial charge < -0.3 is 0 Å². The van der Waals surface area contributed by atoms with Crippen molar-refractivity contribution in [3.63, 3.8) is 0 Å². The summed E-state index contributed by atoms with van der Waals surface area (Å²) in [5.74, 6) is 0.908. The Labute approximate surface area is 78.7 Å². The molecule has 0 N–H and O–H groups in total. The minimum Gasteiger partial charge on any atom is -0.299 e. The van der Waals surface area contributed by atoms with Crippen LogP contribution in [-0.2, 0) is 9.59 Å². The largest absolute Gasteiger partial charge is 0.299 e. The summed E-state index contributed by atoms with van der Waals surface area (Å²) in [6, 6.07) is 0. The van der Waals surface area contributed by atoms with Gasteiger partial charge in [-0.3, -0.25) is 9.59 Å². The van der Waals surface area contributed by atoms with Gasteiger partial charge in [0.15, 0.2) is 0 Å². The SMILES string of the molecule is O=C1CCCCCC1C1CCC1=O. The minimum atomic E-state index is 0.101. The zero-order valence-corrected chi connectivity index (χ0v) is 7.92. The lowest BCUT2D eigenvalue weighted by atomic mass is 9.71. The number of hydrogen-bond acceptors (Lipinski definition) is 2. The molecule has 0 radical (unpaired) electrons. The maximum Gasteiger partial charge on any atom is 0.136 e. The number of Topliss-reactive ketones (excluding diaryl/α,β-unsaturated/α-hetero) is 2. The lowest BCUT2D eigenvalue weighted by molar-refractivity contribution is -0.138. The lowest BCUT2D eigenvalue weighted by Crippen LogP contribution is -2.36. The van der Waals surface area contributed by atoms with Crippen molar-refractivity contribution in [3.05, 3.63) is 0 Å². The molecule has 0 bridgehead atoms. The van der Waals surface area contributed by atoms with Crippen molar-refractivity contribution in [2.45, 2.75) is 44.9 Å². The average Bonchev–Trinajstić information content (AvgIpc) is 2.30. The molecule has 2 atom stereocenters. The average molecular weight is 180 g/mol. The molecular formula is C11H16O2. The van der Waals surface area contributed by atoms with Crippen molar-refractivity contribution in [2.24, 2.45) is 11.8 Å². The fourth-order valence-corrected chi connectivity index (χ4v) is 2.47. The Morgan fingerprint density at radius 3 is 2.08 bits per heavy atom. The van der Waals surface area contributed by atoms with Crippen LogP contribution in [0, 0.1) is 11.8 Å². The van der Waals surface area contributed by atoms with Crippen LogP contribution < -0.4 is 0 Å². The second-order valence-electron chi connectivity index (χ2n) is 4.28. The van der Waals surface area contributed by atoms with Crippen LogP contribution in [0.25, 0.3) is 0 Å². The van der Waals surface area contributed by atoms with Crippen molar-refractivity contribution in [3.8, 4) is 0 Å². The van der Waals surface area contributed by atoms with Gasteiger partial charge in [-0.2, -0.15) is 0 Å². The van der Waals surface area contributed by atoms with E-state index >= 15 is 0 Å². The molecule has 0 aliphatic heterocycles. The van der Waals surface area contributed by atoms with Crippen LogP contribution in [0.1, 0.15) is 44.9 Å². The third-order valence-electron chi connectivity index (χ3n) is 3.45. The molecule has 72 valence electrons. The number of ketones is 2. The zero-order valence-electron chi connectivity index (χ0n) is 7.92. The Bertz CT molecular complexity index is 232. The molecule has 0 heterocycles. The van der Waals surface area contributed by atoms with Crippen molar-refractivity contribution in [1.29, 1.82) is 0 Å².